The number of nitrogens with two attached hydrogens (primary N) is 1. The molecule has 1 unspecified atom stereocenters. The van der Waals surface area contributed by atoms with Gasteiger partial charge in [-0.1, -0.05) is 6.07 Å². The first kappa shape index (κ1) is 12.0. The Kier molecular flexibility index (Phi) is 3.71. The van der Waals surface area contributed by atoms with Crippen LogP contribution < -0.4 is 11.1 Å². The number of primary amides is 1. The zero-order valence-electron chi connectivity index (χ0n) is 10.0. The number of pyridine rings is 1. The van der Waals surface area contributed by atoms with E-state index < -0.39 is 0 Å². The van der Waals surface area contributed by atoms with Gasteiger partial charge in [-0.3, -0.25) is 14.7 Å². The molecule has 0 aromatic carbocycles. The van der Waals surface area contributed by atoms with Crippen LogP contribution in [0.1, 0.15) is 11.3 Å². The topological polar surface area (TPSA) is 71.2 Å². The molecule has 5 heteroatoms. The number of amides is 1. The molecule has 2 rings (SSSR count). The van der Waals surface area contributed by atoms with Gasteiger partial charge in [-0.15, -0.1) is 0 Å². The van der Waals surface area contributed by atoms with E-state index in [1.54, 1.807) is 0 Å². The van der Waals surface area contributed by atoms with E-state index in [1.165, 1.54) is 0 Å². The van der Waals surface area contributed by atoms with Gasteiger partial charge in [0.05, 0.1) is 0 Å². The number of carbonyl (C=O) groups is 1. The predicted octanol–water partition coefficient (Wildman–Crippen LogP) is -0.351. The molecule has 0 spiro atoms. The summed E-state index contributed by atoms with van der Waals surface area (Å²) in [5.41, 5.74) is 7.51. The Bertz CT molecular complexity index is 390. The third-order valence-electron chi connectivity index (χ3n) is 3.04. The molecule has 0 aliphatic carbocycles. The molecule has 0 bridgehead atoms. The van der Waals surface area contributed by atoms with Gasteiger partial charge in [0, 0.05) is 38.1 Å². The molecular formula is C12H18N4O. The zero-order valence-corrected chi connectivity index (χ0v) is 10.0. The van der Waals surface area contributed by atoms with E-state index in [1.807, 2.05) is 25.3 Å². The van der Waals surface area contributed by atoms with Crippen LogP contribution in [-0.4, -0.2) is 41.5 Å². The largest absolute Gasteiger partial charge is 0.368 e. The molecule has 92 valence electrons. The molecule has 1 aromatic heterocycles. The monoisotopic (exact) mass is 234 g/mol. The lowest BCUT2D eigenvalue weighted by atomic mass is 10.1. The third kappa shape index (κ3) is 3.01. The van der Waals surface area contributed by atoms with Gasteiger partial charge >= 0.3 is 0 Å². The lowest BCUT2D eigenvalue weighted by molar-refractivity contribution is -0.124. The van der Waals surface area contributed by atoms with Crippen LogP contribution in [0.25, 0.3) is 0 Å². The molecule has 1 aromatic rings. The predicted molar refractivity (Wildman–Crippen MR) is 65.2 cm³/mol. The number of nitrogens with one attached hydrogen (secondary N) is 1. The standard InChI is InChI=1S/C12H18N4O/c1-9-2-3-10(6-15-9)8-16-5-4-14-7-11(16)12(13)17/h2-3,6,11,14H,4-5,7-8H2,1H3,(H2,13,17). The molecule has 1 amide bonds. The van der Waals surface area contributed by atoms with E-state index in [-0.39, 0.29) is 11.9 Å². The van der Waals surface area contributed by atoms with Crippen molar-refractivity contribution in [3.05, 3.63) is 29.6 Å². The minimum absolute atomic E-state index is 0.218. The molecule has 1 aliphatic heterocycles. The summed E-state index contributed by atoms with van der Waals surface area (Å²) < 4.78 is 0. The molecule has 0 radical (unpaired) electrons. The second-order valence-electron chi connectivity index (χ2n) is 4.40. The van der Waals surface area contributed by atoms with Crippen LogP contribution in [0.3, 0.4) is 0 Å². The average Bonchev–Trinajstić information content (AvgIpc) is 2.32. The number of carbonyl (C=O) groups excluding carboxylic acids is 1. The highest BCUT2D eigenvalue weighted by Crippen LogP contribution is 2.09. The highest BCUT2D eigenvalue weighted by atomic mass is 16.1. The lowest BCUT2D eigenvalue weighted by Gasteiger charge is -2.34. The summed E-state index contributed by atoms with van der Waals surface area (Å²) in [5.74, 6) is -0.266. The Morgan fingerprint density at radius 3 is 3.12 bits per heavy atom. The average molecular weight is 234 g/mol. The van der Waals surface area contributed by atoms with Crippen LogP contribution in [-0.2, 0) is 11.3 Å². The van der Waals surface area contributed by atoms with Crippen molar-refractivity contribution >= 4 is 5.91 Å². The van der Waals surface area contributed by atoms with Crippen LogP contribution in [0.2, 0.25) is 0 Å². The summed E-state index contributed by atoms with van der Waals surface area (Å²) in [7, 11) is 0. The summed E-state index contributed by atoms with van der Waals surface area (Å²) in [5, 5.41) is 3.18. The highest BCUT2D eigenvalue weighted by molar-refractivity contribution is 5.80. The second kappa shape index (κ2) is 5.25. The smallest absolute Gasteiger partial charge is 0.236 e. The summed E-state index contributed by atoms with van der Waals surface area (Å²) in [6.45, 7) is 5.04. The van der Waals surface area contributed by atoms with Gasteiger partial charge < -0.3 is 11.1 Å². The minimum Gasteiger partial charge on any atom is -0.368 e. The van der Waals surface area contributed by atoms with E-state index >= 15 is 0 Å². The molecule has 1 fully saturated rings. The fraction of sp³-hybridized carbons (Fsp3) is 0.500. The van der Waals surface area contributed by atoms with Gasteiger partial charge in [-0.05, 0) is 18.6 Å². The number of rotatable bonds is 3. The number of nitrogens with zero attached hydrogens (tertiary/aromatic N) is 2. The van der Waals surface area contributed by atoms with Crippen molar-refractivity contribution in [2.45, 2.75) is 19.5 Å². The second-order valence-corrected chi connectivity index (χ2v) is 4.40. The number of piperazine rings is 1. The van der Waals surface area contributed by atoms with Crippen molar-refractivity contribution in [3.8, 4) is 0 Å². The van der Waals surface area contributed by atoms with Crippen LogP contribution in [0.5, 0.6) is 0 Å². The normalized spacial score (nSPS) is 21.4. The Hall–Kier alpha value is -1.46. The van der Waals surface area contributed by atoms with Crippen LogP contribution in [0.4, 0.5) is 0 Å². The van der Waals surface area contributed by atoms with E-state index in [2.05, 4.69) is 15.2 Å². The summed E-state index contributed by atoms with van der Waals surface area (Å²) >= 11 is 0. The van der Waals surface area contributed by atoms with Crippen molar-refractivity contribution in [2.24, 2.45) is 5.73 Å². The van der Waals surface area contributed by atoms with Crippen molar-refractivity contribution < 1.29 is 4.79 Å². The molecule has 1 saturated heterocycles. The fourth-order valence-corrected chi connectivity index (χ4v) is 2.04. The number of aryl methyl sites for hydroxylation is 1. The van der Waals surface area contributed by atoms with Crippen LogP contribution in [0.15, 0.2) is 18.3 Å². The van der Waals surface area contributed by atoms with Gasteiger partial charge in [-0.25, -0.2) is 0 Å². The van der Waals surface area contributed by atoms with Crippen molar-refractivity contribution in [2.75, 3.05) is 19.6 Å². The summed E-state index contributed by atoms with van der Waals surface area (Å²) in [6.07, 6.45) is 1.86. The first-order chi connectivity index (χ1) is 8.16. The van der Waals surface area contributed by atoms with E-state index in [9.17, 15) is 4.79 Å². The highest BCUT2D eigenvalue weighted by Gasteiger charge is 2.26. The maximum absolute atomic E-state index is 11.3. The van der Waals surface area contributed by atoms with E-state index in [0.29, 0.717) is 6.54 Å². The van der Waals surface area contributed by atoms with E-state index in [4.69, 9.17) is 5.73 Å². The minimum atomic E-state index is -0.266. The van der Waals surface area contributed by atoms with Crippen molar-refractivity contribution in [1.82, 2.24) is 15.2 Å². The van der Waals surface area contributed by atoms with Crippen molar-refractivity contribution in [1.29, 1.82) is 0 Å². The van der Waals surface area contributed by atoms with E-state index in [0.717, 1.165) is 30.9 Å². The Morgan fingerprint density at radius 2 is 2.47 bits per heavy atom. The first-order valence-electron chi connectivity index (χ1n) is 5.82. The molecule has 0 saturated carbocycles. The van der Waals surface area contributed by atoms with Gasteiger partial charge in [-0.2, -0.15) is 0 Å². The Labute approximate surface area is 101 Å². The SMILES string of the molecule is Cc1ccc(CN2CCNCC2C(N)=O)cn1. The van der Waals surface area contributed by atoms with Crippen LogP contribution >= 0.6 is 0 Å². The third-order valence-corrected chi connectivity index (χ3v) is 3.04. The molecule has 5 nitrogen and oxygen atoms in total. The Morgan fingerprint density at radius 1 is 1.65 bits per heavy atom. The Balaban J connectivity index is 2.05. The van der Waals surface area contributed by atoms with Gasteiger partial charge in [0.1, 0.15) is 6.04 Å². The number of hydrogen-bond acceptors (Lipinski definition) is 4. The summed E-state index contributed by atoms with van der Waals surface area (Å²) in [6, 6.07) is 3.81. The molecule has 1 atom stereocenters. The van der Waals surface area contributed by atoms with Gasteiger partial charge in [0.25, 0.3) is 0 Å². The summed E-state index contributed by atoms with van der Waals surface area (Å²) in [4.78, 5) is 17.7. The maximum Gasteiger partial charge on any atom is 0.236 e. The fourth-order valence-electron chi connectivity index (χ4n) is 2.04. The molecule has 2 heterocycles. The molecular weight excluding hydrogens is 216 g/mol. The first-order valence-corrected chi connectivity index (χ1v) is 5.82. The number of aromatic nitrogens is 1. The zero-order chi connectivity index (χ0) is 12.3. The maximum atomic E-state index is 11.3. The molecule has 1 aliphatic rings. The number of hydrogen-bond donors (Lipinski definition) is 2. The molecule has 17 heavy (non-hydrogen) atoms. The lowest BCUT2D eigenvalue weighted by Crippen LogP contribution is -2.56. The van der Waals surface area contributed by atoms with Gasteiger partial charge in [0.15, 0.2) is 0 Å². The van der Waals surface area contributed by atoms with Crippen molar-refractivity contribution in [3.63, 3.8) is 0 Å². The van der Waals surface area contributed by atoms with Crippen LogP contribution in [0, 0.1) is 6.92 Å². The quantitative estimate of drug-likeness (QED) is 0.750. The van der Waals surface area contributed by atoms with Gasteiger partial charge in [0.2, 0.25) is 5.91 Å². The molecule has 3 N–H and O–H groups in total.